The summed E-state index contributed by atoms with van der Waals surface area (Å²) in [4.78, 5) is 40.9. The molecule has 7 nitrogen and oxygen atoms in total. The van der Waals surface area contributed by atoms with Crippen LogP contribution in [-0.4, -0.2) is 40.3 Å². The molecule has 0 bridgehead atoms. The normalized spacial score (nSPS) is 11.9. The molecule has 3 heterocycles. The third-order valence-corrected chi connectivity index (χ3v) is 6.16. The number of rotatable bonds is 7. The number of esters is 1. The number of furan rings is 1. The number of nitrogens with zero attached hydrogens (tertiary/aromatic N) is 2. The van der Waals surface area contributed by atoms with Crippen molar-refractivity contribution in [2.24, 2.45) is 7.05 Å². The van der Waals surface area contributed by atoms with Gasteiger partial charge in [-0.15, -0.1) is 11.3 Å². The van der Waals surface area contributed by atoms with Crippen LogP contribution in [0.2, 0.25) is 0 Å². The Hall–Kier alpha value is -3.13. The van der Waals surface area contributed by atoms with Gasteiger partial charge in [0.2, 0.25) is 0 Å². The van der Waals surface area contributed by atoms with Gasteiger partial charge < -0.3 is 18.6 Å². The fraction of sp³-hybridized carbons (Fsp3) is 0.318. The average Bonchev–Trinajstić information content (AvgIpc) is 3.47. The summed E-state index contributed by atoms with van der Waals surface area (Å²) >= 11 is 1.32. The van der Waals surface area contributed by atoms with Crippen LogP contribution in [-0.2, 0) is 18.3 Å². The van der Waals surface area contributed by atoms with Gasteiger partial charge in [-0.3, -0.25) is 9.59 Å². The molecular formula is C22H24N2O5S. The molecule has 0 radical (unpaired) electrons. The number of Topliss-reactive ketones (excluding diaryl/α,β-unsaturated/α-hetero) is 1. The van der Waals surface area contributed by atoms with E-state index < -0.39 is 12.0 Å². The van der Waals surface area contributed by atoms with Crippen molar-refractivity contribution in [2.75, 3.05) is 7.11 Å². The highest BCUT2D eigenvalue weighted by Crippen LogP contribution is 2.26. The molecule has 8 heteroatoms. The molecular weight excluding hydrogens is 404 g/mol. The number of hydrogen-bond donors (Lipinski definition) is 0. The predicted octanol–water partition coefficient (Wildman–Crippen LogP) is 4.00. The van der Waals surface area contributed by atoms with Crippen LogP contribution in [0.15, 0.2) is 40.3 Å². The summed E-state index contributed by atoms with van der Waals surface area (Å²) in [6, 6.07) is 6.26. The standard InChI is InChI=1S/C22H24N2O5S/c1-13-18(14(2)23(4)19(13)22(27)28-5)20(25)15(3)24(12-16-8-6-10-29-16)21(26)17-9-7-11-30-17/h6-11,15H,12H2,1-5H3. The third-order valence-electron chi connectivity index (χ3n) is 5.30. The molecule has 3 rings (SSSR count). The Balaban J connectivity index is 2.00. The van der Waals surface area contributed by atoms with Gasteiger partial charge >= 0.3 is 5.97 Å². The number of aromatic nitrogens is 1. The zero-order valence-electron chi connectivity index (χ0n) is 17.6. The Bertz CT molecular complexity index is 1060. The van der Waals surface area contributed by atoms with Crippen molar-refractivity contribution in [2.45, 2.75) is 33.4 Å². The van der Waals surface area contributed by atoms with Gasteiger partial charge in [0, 0.05) is 18.3 Å². The van der Waals surface area contributed by atoms with E-state index in [1.165, 1.54) is 29.6 Å². The molecule has 3 aromatic rings. The van der Waals surface area contributed by atoms with E-state index in [-0.39, 0.29) is 18.2 Å². The van der Waals surface area contributed by atoms with Gasteiger partial charge in [0.1, 0.15) is 11.5 Å². The van der Waals surface area contributed by atoms with Crippen LogP contribution in [0, 0.1) is 13.8 Å². The van der Waals surface area contributed by atoms with E-state index in [0.29, 0.717) is 33.2 Å². The van der Waals surface area contributed by atoms with Crippen LogP contribution in [0.25, 0.3) is 0 Å². The number of methoxy groups -OCH3 is 1. The maximum atomic E-state index is 13.5. The number of ketones is 1. The van der Waals surface area contributed by atoms with E-state index in [2.05, 4.69) is 0 Å². The van der Waals surface area contributed by atoms with Gasteiger partial charge in [-0.1, -0.05) is 6.07 Å². The molecule has 0 saturated carbocycles. The van der Waals surface area contributed by atoms with Gasteiger partial charge in [-0.05, 0) is 49.9 Å². The Morgan fingerprint density at radius 3 is 2.53 bits per heavy atom. The van der Waals surface area contributed by atoms with Gasteiger partial charge in [-0.2, -0.15) is 0 Å². The maximum absolute atomic E-state index is 13.5. The maximum Gasteiger partial charge on any atom is 0.354 e. The molecule has 0 spiro atoms. The molecule has 0 N–H and O–H groups in total. The second-order valence-electron chi connectivity index (χ2n) is 7.01. The van der Waals surface area contributed by atoms with Gasteiger partial charge in [0.15, 0.2) is 5.78 Å². The van der Waals surface area contributed by atoms with Crippen LogP contribution >= 0.6 is 11.3 Å². The average molecular weight is 429 g/mol. The van der Waals surface area contributed by atoms with Gasteiger partial charge in [0.05, 0.1) is 30.8 Å². The summed E-state index contributed by atoms with van der Waals surface area (Å²) in [5, 5.41) is 1.82. The topological polar surface area (TPSA) is 81.8 Å². The molecule has 30 heavy (non-hydrogen) atoms. The first-order chi connectivity index (χ1) is 14.3. The van der Waals surface area contributed by atoms with E-state index >= 15 is 0 Å². The minimum absolute atomic E-state index is 0.158. The molecule has 158 valence electrons. The summed E-state index contributed by atoms with van der Waals surface area (Å²) in [7, 11) is 3.02. The quantitative estimate of drug-likeness (QED) is 0.420. The SMILES string of the molecule is COC(=O)c1c(C)c(C(=O)C(C)N(Cc2ccco2)C(=O)c2cccs2)c(C)n1C. The van der Waals surface area contributed by atoms with E-state index in [9.17, 15) is 14.4 Å². The largest absolute Gasteiger partial charge is 0.467 e. The van der Waals surface area contributed by atoms with Crippen molar-refractivity contribution in [3.8, 4) is 0 Å². The lowest BCUT2D eigenvalue weighted by atomic mass is 9.99. The molecule has 0 saturated heterocycles. The van der Waals surface area contributed by atoms with Crippen LogP contribution < -0.4 is 0 Å². The summed E-state index contributed by atoms with van der Waals surface area (Å²) in [5.41, 5.74) is 1.94. The van der Waals surface area contributed by atoms with Crippen LogP contribution in [0.1, 0.15) is 54.5 Å². The minimum atomic E-state index is -0.769. The number of ether oxygens (including phenoxy) is 1. The second-order valence-corrected chi connectivity index (χ2v) is 7.96. The monoisotopic (exact) mass is 428 g/mol. The highest BCUT2D eigenvalue weighted by molar-refractivity contribution is 7.12. The minimum Gasteiger partial charge on any atom is -0.467 e. The van der Waals surface area contributed by atoms with Crippen LogP contribution in [0.5, 0.6) is 0 Å². The van der Waals surface area contributed by atoms with Crippen molar-refractivity contribution in [3.63, 3.8) is 0 Å². The summed E-state index contributed by atoms with van der Waals surface area (Å²) in [6.45, 7) is 5.35. The lowest BCUT2D eigenvalue weighted by Gasteiger charge is -2.27. The fourth-order valence-electron chi connectivity index (χ4n) is 3.57. The van der Waals surface area contributed by atoms with Crippen molar-refractivity contribution < 1.29 is 23.5 Å². The Morgan fingerprint density at radius 2 is 1.97 bits per heavy atom. The van der Waals surface area contributed by atoms with E-state index in [1.807, 2.05) is 5.38 Å². The van der Waals surface area contributed by atoms with Gasteiger partial charge in [-0.25, -0.2) is 4.79 Å². The first-order valence-electron chi connectivity index (χ1n) is 9.43. The van der Waals surface area contributed by atoms with E-state index in [0.717, 1.165) is 0 Å². The summed E-state index contributed by atoms with van der Waals surface area (Å²) in [6.07, 6.45) is 1.53. The number of carbonyl (C=O) groups excluding carboxylic acids is 3. The highest BCUT2D eigenvalue weighted by atomic mass is 32.1. The Labute approximate surface area is 178 Å². The lowest BCUT2D eigenvalue weighted by molar-refractivity contribution is 0.0587. The number of hydrogen-bond acceptors (Lipinski definition) is 6. The first-order valence-corrected chi connectivity index (χ1v) is 10.3. The van der Waals surface area contributed by atoms with E-state index in [1.54, 1.807) is 56.7 Å². The highest BCUT2D eigenvalue weighted by Gasteiger charge is 2.33. The number of carbonyl (C=O) groups is 3. The van der Waals surface area contributed by atoms with Crippen molar-refractivity contribution in [3.05, 3.63) is 69.1 Å². The van der Waals surface area contributed by atoms with Crippen molar-refractivity contribution in [1.82, 2.24) is 9.47 Å². The predicted molar refractivity (Wildman–Crippen MR) is 113 cm³/mol. The molecule has 1 amide bonds. The summed E-state index contributed by atoms with van der Waals surface area (Å²) in [5.74, 6) is -0.419. The van der Waals surface area contributed by atoms with Crippen LogP contribution in [0.4, 0.5) is 0 Å². The van der Waals surface area contributed by atoms with E-state index in [4.69, 9.17) is 9.15 Å². The Kier molecular flexibility index (Phi) is 6.26. The molecule has 0 aliphatic carbocycles. The van der Waals surface area contributed by atoms with Crippen molar-refractivity contribution in [1.29, 1.82) is 0 Å². The molecule has 1 atom stereocenters. The zero-order chi connectivity index (χ0) is 22.0. The smallest absolute Gasteiger partial charge is 0.354 e. The summed E-state index contributed by atoms with van der Waals surface area (Å²) < 4.78 is 11.9. The molecule has 0 aromatic carbocycles. The zero-order valence-corrected chi connectivity index (χ0v) is 18.4. The number of amides is 1. The molecule has 0 aliphatic rings. The van der Waals surface area contributed by atoms with Gasteiger partial charge in [0.25, 0.3) is 5.91 Å². The molecule has 1 unspecified atom stereocenters. The first kappa shape index (κ1) is 21.6. The number of thiophene rings is 1. The molecule has 3 aromatic heterocycles. The Morgan fingerprint density at radius 1 is 1.23 bits per heavy atom. The fourth-order valence-corrected chi connectivity index (χ4v) is 4.25. The van der Waals surface area contributed by atoms with Crippen molar-refractivity contribution >= 4 is 29.0 Å². The molecule has 0 aliphatic heterocycles. The van der Waals surface area contributed by atoms with Crippen LogP contribution in [0.3, 0.4) is 0 Å². The third kappa shape index (κ3) is 3.82. The molecule has 0 fully saturated rings. The lowest BCUT2D eigenvalue weighted by Crippen LogP contribution is -2.42. The second kappa shape index (κ2) is 8.71.